The number of anilines is 1. The van der Waals surface area contributed by atoms with Gasteiger partial charge in [0.15, 0.2) is 0 Å². The zero-order valence-electron chi connectivity index (χ0n) is 16.5. The minimum atomic E-state index is -3.32. The van der Waals surface area contributed by atoms with E-state index in [1.165, 1.54) is 0 Å². The van der Waals surface area contributed by atoms with Gasteiger partial charge in [0.1, 0.15) is 5.75 Å². The number of nitrogens with one attached hydrogen (secondary N) is 1. The van der Waals surface area contributed by atoms with Crippen molar-refractivity contribution in [1.29, 1.82) is 0 Å². The predicted molar refractivity (Wildman–Crippen MR) is 116 cm³/mol. The van der Waals surface area contributed by atoms with Gasteiger partial charge >= 0.3 is 0 Å². The van der Waals surface area contributed by atoms with E-state index in [9.17, 15) is 8.42 Å². The number of hydrogen-bond donors (Lipinski definition) is 1. The highest BCUT2D eigenvalue weighted by Gasteiger charge is 2.28. The van der Waals surface area contributed by atoms with Gasteiger partial charge in [0.05, 0.1) is 5.75 Å². The number of rotatable bonds is 7. The Morgan fingerprint density at radius 3 is 2.33 bits per heavy atom. The van der Waals surface area contributed by atoms with E-state index in [1.54, 1.807) is 16.6 Å². The average molecular weight is 425 g/mol. The van der Waals surface area contributed by atoms with Crippen LogP contribution in [0.2, 0.25) is 0 Å². The van der Waals surface area contributed by atoms with Crippen molar-refractivity contribution < 1.29 is 13.2 Å². The van der Waals surface area contributed by atoms with Gasteiger partial charge in [-0.15, -0.1) is 0 Å². The Labute approximate surface area is 176 Å². The lowest BCUT2D eigenvalue weighted by molar-refractivity contribution is 0.328. The van der Waals surface area contributed by atoms with Gasteiger partial charge in [0.2, 0.25) is 21.9 Å². The first-order valence-corrected chi connectivity index (χ1v) is 11.5. The molecule has 1 saturated heterocycles. The van der Waals surface area contributed by atoms with Gasteiger partial charge in [0, 0.05) is 31.4 Å². The van der Waals surface area contributed by atoms with Crippen molar-refractivity contribution in [1.82, 2.24) is 14.3 Å². The molecule has 0 unspecified atom stereocenters. The molecule has 0 atom stereocenters. The minimum Gasteiger partial charge on any atom is -0.439 e. The van der Waals surface area contributed by atoms with Crippen LogP contribution in [-0.2, 0) is 15.8 Å². The number of para-hydroxylation sites is 1. The van der Waals surface area contributed by atoms with Crippen molar-refractivity contribution in [2.24, 2.45) is 0 Å². The maximum atomic E-state index is 12.7. The van der Waals surface area contributed by atoms with Crippen LogP contribution in [0, 0.1) is 0 Å². The third kappa shape index (κ3) is 5.34. The van der Waals surface area contributed by atoms with Crippen LogP contribution in [0.25, 0.3) is 0 Å². The molecule has 8 heteroatoms. The minimum absolute atomic E-state index is 0.0356. The third-order valence-corrected chi connectivity index (χ3v) is 6.82. The Balaban J connectivity index is 1.32. The molecule has 30 heavy (non-hydrogen) atoms. The van der Waals surface area contributed by atoms with Crippen LogP contribution in [0.1, 0.15) is 18.4 Å². The van der Waals surface area contributed by atoms with Gasteiger partial charge < -0.3 is 10.1 Å². The molecule has 2 heterocycles. The summed E-state index contributed by atoms with van der Waals surface area (Å²) in [5.74, 6) is 1.68. The largest absolute Gasteiger partial charge is 0.439 e. The molecule has 1 aromatic heterocycles. The molecule has 0 spiro atoms. The maximum Gasteiger partial charge on any atom is 0.226 e. The lowest BCUT2D eigenvalue weighted by atomic mass is 10.1. The van der Waals surface area contributed by atoms with Crippen molar-refractivity contribution in [2.75, 3.05) is 18.4 Å². The number of benzene rings is 2. The van der Waals surface area contributed by atoms with Crippen LogP contribution in [0.15, 0.2) is 72.9 Å². The van der Waals surface area contributed by atoms with E-state index in [1.807, 2.05) is 60.7 Å². The molecule has 3 aromatic rings. The normalized spacial score (nSPS) is 15.6. The number of aromatic nitrogens is 2. The third-order valence-electron chi connectivity index (χ3n) is 4.97. The molecular formula is C22H24N4O3S. The summed E-state index contributed by atoms with van der Waals surface area (Å²) in [5, 5.41) is 3.31. The van der Waals surface area contributed by atoms with E-state index >= 15 is 0 Å². The highest BCUT2D eigenvalue weighted by molar-refractivity contribution is 7.88. The molecule has 7 nitrogen and oxygen atoms in total. The van der Waals surface area contributed by atoms with Crippen molar-refractivity contribution >= 4 is 16.0 Å². The smallest absolute Gasteiger partial charge is 0.226 e. The summed E-state index contributed by atoms with van der Waals surface area (Å²) < 4.78 is 32.7. The average Bonchev–Trinajstić information content (AvgIpc) is 2.76. The molecule has 0 aliphatic carbocycles. The number of sulfonamides is 1. The second-order valence-corrected chi connectivity index (χ2v) is 9.16. The fourth-order valence-corrected chi connectivity index (χ4v) is 4.98. The highest BCUT2D eigenvalue weighted by Crippen LogP contribution is 2.22. The Morgan fingerprint density at radius 1 is 0.967 bits per heavy atom. The van der Waals surface area contributed by atoms with Crippen LogP contribution >= 0.6 is 0 Å². The van der Waals surface area contributed by atoms with E-state index in [2.05, 4.69) is 15.3 Å². The van der Waals surface area contributed by atoms with Crippen molar-refractivity contribution in [2.45, 2.75) is 24.6 Å². The van der Waals surface area contributed by atoms with E-state index in [0.29, 0.717) is 43.5 Å². The molecule has 0 amide bonds. The summed E-state index contributed by atoms with van der Waals surface area (Å²) in [5.41, 5.74) is 0.807. The molecule has 0 radical (unpaired) electrons. The Hall–Kier alpha value is -2.97. The predicted octanol–water partition coefficient (Wildman–Crippen LogP) is 3.68. The van der Waals surface area contributed by atoms with Crippen LogP contribution in [0.3, 0.4) is 0 Å². The zero-order valence-corrected chi connectivity index (χ0v) is 17.3. The summed E-state index contributed by atoms with van der Waals surface area (Å²) in [6.45, 7) is 0.958. The Morgan fingerprint density at radius 2 is 1.63 bits per heavy atom. The monoisotopic (exact) mass is 424 g/mol. The number of hydrogen-bond acceptors (Lipinski definition) is 6. The first-order chi connectivity index (χ1) is 14.6. The van der Waals surface area contributed by atoms with Gasteiger partial charge in [0.25, 0.3) is 0 Å². The topological polar surface area (TPSA) is 84.4 Å². The first kappa shape index (κ1) is 20.3. The standard InChI is InChI=1S/C22H24N4O3S/c27-30(28,17-18-7-3-1-4-8-18)26-15-12-19(13-16-26)24-22-23-14-11-21(25-22)29-20-9-5-2-6-10-20/h1-11,14,19H,12-13,15-17H2,(H,23,24,25). The van der Waals surface area contributed by atoms with Crippen LogP contribution in [-0.4, -0.2) is 41.8 Å². The molecule has 1 aliphatic heterocycles. The molecule has 1 N–H and O–H groups in total. The van der Waals surface area contributed by atoms with Crippen molar-refractivity contribution in [3.63, 3.8) is 0 Å². The van der Waals surface area contributed by atoms with Crippen molar-refractivity contribution in [3.8, 4) is 11.6 Å². The molecule has 4 rings (SSSR count). The van der Waals surface area contributed by atoms with Gasteiger partial charge in [-0.2, -0.15) is 4.98 Å². The fraction of sp³-hybridized carbons (Fsp3) is 0.273. The SMILES string of the molecule is O=S(=O)(Cc1ccccc1)N1CCC(Nc2nccc(Oc3ccccc3)n2)CC1. The molecule has 2 aromatic carbocycles. The molecular weight excluding hydrogens is 400 g/mol. The Bertz CT molecular complexity index is 1050. The summed E-state index contributed by atoms with van der Waals surface area (Å²) in [7, 11) is -3.32. The highest BCUT2D eigenvalue weighted by atomic mass is 32.2. The first-order valence-electron chi connectivity index (χ1n) is 9.93. The van der Waals surface area contributed by atoms with E-state index in [-0.39, 0.29) is 11.8 Å². The molecule has 1 fully saturated rings. The van der Waals surface area contributed by atoms with Crippen LogP contribution in [0.5, 0.6) is 11.6 Å². The maximum absolute atomic E-state index is 12.7. The van der Waals surface area contributed by atoms with Gasteiger partial charge in [-0.25, -0.2) is 17.7 Å². The summed E-state index contributed by atoms with van der Waals surface area (Å²) >= 11 is 0. The van der Waals surface area contributed by atoms with E-state index < -0.39 is 10.0 Å². The zero-order chi connectivity index (χ0) is 20.8. The van der Waals surface area contributed by atoms with Gasteiger partial charge in [-0.05, 0) is 30.5 Å². The van der Waals surface area contributed by atoms with Crippen LogP contribution < -0.4 is 10.1 Å². The van der Waals surface area contributed by atoms with Crippen LogP contribution in [0.4, 0.5) is 5.95 Å². The lowest BCUT2D eigenvalue weighted by Gasteiger charge is -2.31. The second kappa shape index (κ2) is 9.23. The van der Waals surface area contributed by atoms with E-state index in [0.717, 1.165) is 5.56 Å². The number of piperidine rings is 1. The Kier molecular flexibility index (Phi) is 6.25. The number of nitrogens with zero attached hydrogens (tertiary/aromatic N) is 3. The molecule has 0 saturated carbocycles. The number of ether oxygens (including phenoxy) is 1. The van der Waals surface area contributed by atoms with Gasteiger partial charge in [-0.3, -0.25) is 0 Å². The van der Waals surface area contributed by atoms with E-state index in [4.69, 9.17) is 4.74 Å². The molecule has 156 valence electrons. The molecule has 0 bridgehead atoms. The quantitative estimate of drug-likeness (QED) is 0.623. The van der Waals surface area contributed by atoms with Gasteiger partial charge in [-0.1, -0.05) is 48.5 Å². The summed E-state index contributed by atoms with van der Waals surface area (Å²) in [6, 6.07) is 20.5. The summed E-state index contributed by atoms with van der Waals surface area (Å²) in [6.07, 6.45) is 3.04. The fourth-order valence-electron chi connectivity index (χ4n) is 3.41. The molecule has 1 aliphatic rings. The van der Waals surface area contributed by atoms with Crippen molar-refractivity contribution in [3.05, 3.63) is 78.5 Å². The second-order valence-electron chi connectivity index (χ2n) is 7.19. The lowest BCUT2D eigenvalue weighted by Crippen LogP contribution is -2.43. The summed E-state index contributed by atoms with van der Waals surface area (Å²) in [4.78, 5) is 8.67.